The van der Waals surface area contributed by atoms with Gasteiger partial charge in [0.1, 0.15) is 12.9 Å². The van der Waals surface area contributed by atoms with Gasteiger partial charge in [-0.2, -0.15) is 13.2 Å². The Balaban J connectivity index is 2.07. The predicted molar refractivity (Wildman–Crippen MR) is 107 cm³/mol. The number of aromatic nitrogens is 2. The van der Waals surface area contributed by atoms with Crippen molar-refractivity contribution in [3.63, 3.8) is 0 Å². The number of rotatable bonds is 7. The molecule has 2 N–H and O–H groups in total. The zero-order valence-electron chi connectivity index (χ0n) is 15.6. The van der Waals surface area contributed by atoms with E-state index < -0.39 is 21.8 Å². The molecule has 0 amide bonds. The Morgan fingerprint density at radius 1 is 1.03 bits per heavy atom. The number of benzene rings is 2. The molecular formula is C19H15ClF3N3O4S. The molecule has 31 heavy (non-hydrogen) atoms. The highest BCUT2D eigenvalue weighted by atomic mass is 35.5. The number of ether oxygens (including phenoxy) is 1. The summed E-state index contributed by atoms with van der Waals surface area (Å²) in [7, 11) is -4.11. The molecule has 0 fully saturated rings. The number of nitrogens with one attached hydrogen (secondary N) is 1. The Morgan fingerprint density at radius 3 is 2.26 bits per heavy atom. The molecule has 7 nitrogen and oxygen atoms in total. The maximum atomic E-state index is 12.9. The van der Waals surface area contributed by atoms with Gasteiger partial charge in [-0.25, -0.2) is 18.4 Å². The first-order chi connectivity index (χ1) is 14.6. The molecule has 164 valence electrons. The number of hydrogen-bond donors (Lipinski definition) is 2. The predicted octanol–water partition coefficient (Wildman–Crippen LogP) is 3.99. The fourth-order valence-electron chi connectivity index (χ4n) is 2.58. The summed E-state index contributed by atoms with van der Waals surface area (Å²) in [5.41, 5.74) is -0.688. The van der Waals surface area contributed by atoms with E-state index in [0.717, 1.165) is 30.6 Å². The van der Waals surface area contributed by atoms with E-state index in [9.17, 15) is 21.6 Å². The molecule has 0 radical (unpaired) electrons. The summed E-state index contributed by atoms with van der Waals surface area (Å²) in [6.07, 6.45) is -3.51. The monoisotopic (exact) mass is 473 g/mol. The lowest BCUT2D eigenvalue weighted by Crippen LogP contribution is -2.16. The Kier molecular flexibility index (Phi) is 6.68. The third-order valence-electron chi connectivity index (χ3n) is 4.00. The van der Waals surface area contributed by atoms with Crippen LogP contribution in [0.25, 0.3) is 11.1 Å². The molecule has 0 saturated carbocycles. The van der Waals surface area contributed by atoms with E-state index in [2.05, 4.69) is 14.7 Å². The summed E-state index contributed by atoms with van der Waals surface area (Å²) in [6.45, 7) is -0.531. The van der Waals surface area contributed by atoms with Gasteiger partial charge in [0, 0.05) is 5.02 Å². The van der Waals surface area contributed by atoms with E-state index >= 15 is 0 Å². The lowest BCUT2D eigenvalue weighted by atomic mass is 10.1. The minimum atomic E-state index is -4.54. The second-order valence-electron chi connectivity index (χ2n) is 6.11. The minimum absolute atomic E-state index is 0.0159. The summed E-state index contributed by atoms with van der Waals surface area (Å²) in [5, 5.41) is 9.37. The zero-order chi connectivity index (χ0) is 22.6. The largest absolute Gasteiger partial charge is 0.475 e. The molecule has 0 aliphatic carbocycles. The average molecular weight is 474 g/mol. The number of hydrogen-bond acceptors (Lipinski definition) is 6. The zero-order valence-corrected chi connectivity index (χ0v) is 17.2. The summed E-state index contributed by atoms with van der Waals surface area (Å²) in [4.78, 5) is 7.75. The van der Waals surface area contributed by atoms with Gasteiger partial charge in [0.2, 0.25) is 5.88 Å². The van der Waals surface area contributed by atoms with Crippen LogP contribution < -0.4 is 9.46 Å². The fourth-order valence-corrected chi connectivity index (χ4v) is 3.73. The van der Waals surface area contributed by atoms with Crippen LogP contribution in [0, 0.1) is 0 Å². The molecule has 1 aromatic heterocycles. The quantitative estimate of drug-likeness (QED) is 0.538. The lowest BCUT2D eigenvalue weighted by molar-refractivity contribution is -0.137. The number of aliphatic hydroxyl groups excluding tert-OH is 1. The minimum Gasteiger partial charge on any atom is -0.475 e. The third-order valence-corrected chi connectivity index (χ3v) is 5.61. The van der Waals surface area contributed by atoms with E-state index in [1.165, 1.54) is 24.3 Å². The van der Waals surface area contributed by atoms with E-state index in [0.29, 0.717) is 5.02 Å². The smallest absolute Gasteiger partial charge is 0.416 e. The molecule has 0 aliphatic rings. The van der Waals surface area contributed by atoms with Gasteiger partial charge in [-0.15, -0.1) is 0 Å². The van der Waals surface area contributed by atoms with Crippen LogP contribution in [0.5, 0.6) is 5.88 Å². The van der Waals surface area contributed by atoms with E-state index in [1.807, 2.05) is 0 Å². The molecule has 1 heterocycles. The lowest BCUT2D eigenvalue weighted by Gasteiger charge is -2.16. The van der Waals surface area contributed by atoms with Gasteiger partial charge in [0.05, 0.1) is 22.6 Å². The van der Waals surface area contributed by atoms with Crippen LogP contribution in [0.2, 0.25) is 5.02 Å². The van der Waals surface area contributed by atoms with Gasteiger partial charge in [-0.1, -0.05) is 23.7 Å². The van der Waals surface area contributed by atoms with Crippen molar-refractivity contribution >= 4 is 27.4 Å². The van der Waals surface area contributed by atoms with Crippen molar-refractivity contribution in [2.24, 2.45) is 0 Å². The van der Waals surface area contributed by atoms with Crippen LogP contribution in [0.15, 0.2) is 59.8 Å². The van der Waals surface area contributed by atoms with Gasteiger partial charge < -0.3 is 9.84 Å². The normalized spacial score (nSPS) is 11.9. The van der Waals surface area contributed by atoms with Crippen LogP contribution >= 0.6 is 11.6 Å². The van der Waals surface area contributed by atoms with Crippen LogP contribution in [0.1, 0.15) is 5.56 Å². The number of halogens is 4. The molecule has 12 heteroatoms. The number of nitrogens with zero attached hydrogens (tertiary/aromatic N) is 2. The fraction of sp³-hybridized carbons (Fsp3) is 0.158. The number of aliphatic hydroxyl groups is 1. The van der Waals surface area contributed by atoms with Crippen molar-refractivity contribution in [3.8, 4) is 17.0 Å². The topological polar surface area (TPSA) is 101 Å². The average Bonchev–Trinajstić information content (AvgIpc) is 2.72. The van der Waals surface area contributed by atoms with Crippen LogP contribution in [-0.4, -0.2) is 36.7 Å². The van der Waals surface area contributed by atoms with Crippen molar-refractivity contribution < 1.29 is 31.4 Å². The number of alkyl halides is 3. The van der Waals surface area contributed by atoms with Crippen molar-refractivity contribution in [2.45, 2.75) is 11.1 Å². The third kappa shape index (κ3) is 5.43. The van der Waals surface area contributed by atoms with Crippen molar-refractivity contribution in [2.75, 3.05) is 17.9 Å². The van der Waals surface area contributed by atoms with Gasteiger partial charge in [-0.05, 0) is 42.0 Å². The highest BCUT2D eigenvalue weighted by Gasteiger charge is 2.30. The van der Waals surface area contributed by atoms with Gasteiger partial charge in [-0.3, -0.25) is 4.72 Å². The van der Waals surface area contributed by atoms with Gasteiger partial charge in [0.15, 0.2) is 5.82 Å². The maximum Gasteiger partial charge on any atom is 0.416 e. The molecule has 0 unspecified atom stereocenters. The molecule has 0 spiro atoms. The van der Waals surface area contributed by atoms with Crippen LogP contribution in [0.4, 0.5) is 19.0 Å². The molecule has 0 aliphatic heterocycles. The molecule has 0 atom stereocenters. The van der Waals surface area contributed by atoms with Crippen molar-refractivity contribution in [3.05, 3.63) is 65.4 Å². The summed E-state index contributed by atoms with van der Waals surface area (Å²) < 4.78 is 71.9. The van der Waals surface area contributed by atoms with Gasteiger partial charge in [0.25, 0.3) is 10.0 Å². The molecule has 2 aromatic carbocycles. The molecule has 0 bridgehead atoms. The SMILES string of the molecule is O=S(=O)(Nc1ncnc(OCCO)c1-c1ccc(C(F)(F)F)cc1)c1ccc(Cl)cc1. The first-order valence-electron chi connectivity index (χ1n) is 8.66. The summed E-state index contributed by atoms with van der Waals surface area (Å²) in [6, 6.07) is 9.33. The van der Waals surface area contributed by atoms with E-state index in [-0.39, 0.29) is 40.9 Å². The number of anilines is 1. The van der Waals surface area contributed by atoms with Crippen LogP contribution in [-0.2, 0) is 16.2 Å². The molecular weight excluding hydrogens is 459 g/mol. The highest BCUT2D eigenvalue weighted by molar-refractivity contribution is 7.92. The Bertz CT molecular complexity index is 1160. The van der Waals surface area contributed by atoms with Crippen molar-refractivity contribution in [1.82, 2.24) is 9.97 Å². The molecule has 3 aromatic rings. The molecule has 0 saturated heterocycles. The second-order valence-corrected chi connectivity index (χ2v) is 8.23. The first-order valence-corrected chi connectivity index (χ1v) is 10.5. The Labute approximate surface area is 180 Å². The number of sulfonamides is 1. The first kappa shape index (κ1) is 22.8. The standard InChI is InChI=1S/C19H15ClF3N3O4S/c20-14-5-7-15(8-6-14)31(28,29)26-17-16(18(25-11-24-17)30-10-9-27)12-1-3-13(4-2-12)19(21,22)23/h1-8,11,27H,9-10H2,(H,24,25,26). The van der Waals surface area contributed by atoms with E-state index in [4.69, 9.17) is 21.4 Å². The van der Waals surface area contributed by atoms with Crippen molar-refractivity contribution in [1.29, 1.82) is 0 Å². The summed E-state index contributed by atoms with van der Waals surface area (Å²) >= 11 is 5.79. The Hall–Kier alpha value is -2.89. The molecule has 3 rings (SSSR count). The summed E-state index contributed by atoms with van der Waals surface area (Å²) in [5.74, 6) is -0.324. The maximum absolute atomic E-state index is 12.9. The van der Waals surface area contributed by atoms with E-state index in [1.54, 1.807) is 0 Å². The second kappa shape index (κ2) is 9.08. The van der Waals surface area contributed by atoms with Gasteiger partial charge >= 0.3 is 6.18 Å². The van der Waals surface area contributed by atoms with Crippen LogP contribution in [0.3, 0.4) is 0 Å². The highest BCUT2D eigenvalue weighted by Crippen LogP contribution is 2.37. The Morgan fingerprint density at radius 2 is 1.68 bits per heavy atom.